The van der Waals surface area contributed by atoms with E-state index in [4.69, 9.17) is 4.74 Å². The van der Waals surface area contributed by atoms with Gasteiger partial charge in [0.2, 0.25) is 0 Å². The molecule has 1 aliphatic rings. The highest BCUT2D eigenvalue weighted by Gasteiger charge is 2.21. The number of benzene rings is 2. The SMILES string of the molecule is Br.COc1ccc(N(CC(=O)c2cccc([N+](=O)[O-])c2)C2=NCCCC2)cc1. The van der Waals surface area contributed by atoms with Crippen LogP contribution in [0.5, 0.6) is 5.75 Å². The Morgan fingerprint density at radius 3 is 2.57 bits per heavy atom. The van der Waals surface area contributed by atoms with Crippen molar-refractivity contribution in [3.05, 3.63) is 64.2 Å². The van der Waals surface area contributed by atoms with E-state index in [9.17, 15) is 14.9 Å². The second-order valence-electron chi connectivity index (χ2n) is 6.27. The highest BCUT2D eigenvalue weighted by Crippen LogP contribution is 2.23. The Morgan fingerprint density at radius 1 is 1.21 bits per heavy atom. The topological polar surface area (TPSA) is 85.0 Å². The summed E-state index contributed by atoms with van der Waals surface area (Å²) < 4.78 is 5.20. The number of carbonyl (C=O) groups is 1. The zero-order chi connectivity index (χ0) is 19.2. The summed E-state index contributed by atoms with van der Waals surface area (Å²) in [5.74, 6) is 1.40. The summed E-state index contributed by atoms with van der Waals surface area (Å²) in [5.41, 5.74) is 1.07. The maximum absolute atomic E-state index is 12.8. The fraction of sp³-hybridized carbons (Fsp3) is 0.300. The Morgan fingerprint density at radius 2 is 1.96 bits per heavy atom. The second-order valence-corrected chi connectivity index (χ2v) is 6.27. The van der Waals surface area contributed by atoms with Crippen molar-refractivity contribution < 1.29 is 14.5 Å². The average molecular weight is 448 g/mol. The molecule has 28 heavy (non-hydrogen) atoms. The fourth-order valence-corrected chi connectivity index (χ4v) is 3.02. The summed E-state index contributed by atoms with van der Waals surface area (Å²) in [4.78, 5) is 29.8. The first-order valence-corrected chi connectivity index (χ1v) is 8.81. The van der Waals surface area contributed by atoms with Gasteiger partial charge in [-0.2, -0.15) is 0 Å². The van der Waals surface area contributed by atoms with Crippen molar-refractivity contribution in [1.29, 1.82) is 0 Å². The molecular formula is C20H22BrN3O4. The van der Waals surface area contributed by atoms with Crippen molar-refractivity contribution >= 4 is 40.0 Å². The van der Waals surface area contributed by atoms with E-state index in [-0.39, 0.29) is 35.0 Å². The molecule has 1 heterocycles. The molecular weight excluding hydrogens is 426 g/mol. The van der Waals surface area contributed by atoms with Gasteiger partial charge in [0.25, 0.3) is 5.69 Å². The number of ether oxygens (including phenoxy) is 1. The van der Waals surface area contributed by atoms with Crippen LogP contribution in [0.15, 0.2) is 53.5 Å². The molecule has 8 heteroatoms. The molecule has 0 spiro atoms. The van der Waals surface area contributed by atoms with Crippen LogP contribution in [0.4, 0.5) is 11.4 Å². The van der Waals surface area contributed by atoms with E-state index < -0.39 is 4.92 Å². The maximum atomic E-state index is 12.8. The van der Waals surface area contributed by atoms with Gasteiger partial charge in [0.1, 0.15) is 11.6 Å². The predicted molar refractivity (Wildman–Crippen MR) is 114 cm³/mol. The lowest BCUT2D eigenvalue weighted by molar-refractivity contribution is -0.384. The number of halogens is 1. The van der Waals surface area contributed by atoms with Gasteiger partial charge in [0, 0.05) is 36.3 Å². The molecule has 0 saturated carbocycles. The fourth-order valence-electron chi connectivity index (χ4n) is 3.02. The van der Waals surface area contributed by atoms with Gasteiger partial charge in [-0.05, 0) is 37.1 Å². The van der Waals surface area contributed by atoms with Crippen LogP contribution in [0.2, 0.25) is 0 Å². The second kappa shape index (κ2) is 9.98. The number of non-ortho nitro benzene ring substituents is 1. The van der Waals surface area contributed by atoms with Crippen molar-refractivity contribution in [1.82, 2.24) is 0 Å². The molecule has 3 rings (SSSR count). The molecule has 0 saturated heterocycles. The van der Waals surface area contributed by atoms with E-state index in [0.29, 0.717) is 5.56 Å². The number of methoxy groups -OCH3 is 1. The molecule has 0 N–H and O–H groups in total. The van der Waals surface area contributed by atoms with Crippen LogP contribution in [0.25, 0.3) is 0 Å². The lowest BCUT2D eigenvalue weighted by Crippen LogP contribution is -2.37. The van der Waals surface area contributed by atoms with E-state index in [2.05, 4.69) is 4.99 Å². The van der Waals surface area contributed by atoms with Gasteiger partial charge in [-0.3, -0.25) is 19.9 Å². The van der Waals surface area contributed by atoms with Crippen molar-refractivity contribution in [2.45, 2.75) is 19.3 Å². The third-order valence-electron chi connectivity index (χ3n) is 4.48. The number of rotatable bonds is 6. The predicted octanol–water partition coefficient (Wildman–Crippen LogP) is 4.45. The molecule has 0 unspecified atom stereocenters. The Labute approximate surface area is 173 Å². The highest BCUT2D eigenvalue weighted by molar-refractivity contribution is 8.93. The van der Waals surface area contributed by atoms with Crippen molar-refractivity contribution in [3.8, 4) is 5.75 Å². The quantitative estimate of drug-likeness (QED) is 0.370. The Bertz CT molecular complexity index is 868. The minimum Gasteiger partial charge on any atom is -0.497 e. The van der Waals surface area contributed by atoms with Gasteiger partial charge in [-0.15, -0.1) is 17.0 Å². The number of Topliss-reactive ketones (excluding diaryl/α,β-unsaturated/α-hetero) is 1. The van der Waals surface area contributed by atoms with Crippen molar-refractivity contribution in [2.24, 2.45) is 4.99 Å². The number of anilines is 1. The summed E-state index contributed by atoms with van der Waals surface area (Å²) >= 11 is 0. The van der Waals surface area contributed by atoms with E-state index in [1.165, 1.54) is 18.2 Å². The van der Waals surface area contributed by atoms with Gasteiger partial charge in [-0.25, -0.2) is 0 Å². The zero-order valence-electron chi connectivity index (χ0n) is 15.5. The number of hydrogen-bond acceptors (Lipinski definition) is 6. The molecule has 2 aromatic rings. The molecule has 1 aliphatic heterocycles. The number of aliphatic imine (C=N–C) groups is 1. The van der Waals surface area contributed by atoms with Crippen LogP contribution in [0, 0.1) is 10.1 Å². The number of nitro groups is 1. The van der Waals surface area contributed by atoms with E-state index in [0.717, 1.165) is 43.1 Å². The van der Waals surface area contributed by atoms with E-state index in [1.54, 1.807) is 13.2 Å². The number of nitro benzene ring substituents is 1. The van der Waals surface area contributed by atoms with Crippen LogP contribution in [0.3, 0.4) is 0 Å². The van der Waals surface area contributed by atoms with Crippen molar-refractivity contribution in [2.75, 3.05) is 25.1 Å². The number of amidine groups is 1. The lowest BCUT2D eigenvalue weighted by atomic mass is 10.1. The van der Waals surface area contributed by atoms with Crippen LogP contribution in [0.1, 0.15) is 29.6 Å². The average Bonchev–Trinajstić information content (AvgIpc) is 2.72. The summed E-state index contributed by atoms with van der Waals surface area (Å²) in [7, 11) is 1.60. The summed E-state index contributed by atoms with van der Waals surface area (Å²) in [6.07, 6.45) is 2.86. The van der Waals surface area contributed by atoms with Crippen LogP contribution in [-0.4, -0.2) is 36.7 Å². The molecule has 0 radical (unpaired) electrons. The minimum atomic E-state index is -0.497. The van der Waals surface area contributed by atoms with Gasteiger partial charge in [-0.1, -0.05) is 12.1 Å². The molecule has 7 nitrogen and oxygen atoms in total. The lowest BCUT2D eigenvalue weighted by Gasteiger charge is -2.28. The first-order chi connectivity index (χ1) is 13.1. The van der Waals surface area contributed by atoms with Gasteiger partial charge in [0.15, 0.2) is 5.78 Å². The Hall–Kier alpha value is -2.74. The van der Waals surface area contributed by atoms with Gasteiger partial charge < -0.3 is 9.64 Å². The van der Waals surface area contributed by atoms with Crippen LogP contribution < -0.4 is 9.64 Å². The molecule has 0 aliphatic carbocycles. The molecule has 2 aromatic carbocycles. The smallest absolute Gasteiger partial charge is 0.270 e. The summed E-state index contributed by atoms with van der Waals surface area (Å²) in [5, 5.41) is 11.0. The van der Waals surface area contributed by atoms with Crippen LogP contribution >= 0.6 is 17.0 Å². The monoisotopic (exact) mass is 447 g/mol. The first-order valence-electron chi connectivity index (χ1n) is 8.81. The molecule has 0 fully saturated rings. The largest absolute Gasteiger partial charge is 0.497 e. The number of nitrogens with zero attached hydrogens (tertiary/aromatic N) is 3. The van der Waals surface area contributed by atoms with E-state index >= 15 is 0 Å². The molecule has 0 amide bonds. The van der Waals surface area contributed by atoms with Crippen molar-refractivity contribution in [3.63, 3.8) is 0 Å². The summed E-state index contributed by atoms with van der Waals surface area (Å²) in [6, 6.07) is 13.3. The Balaban J connectivity index is 0.00000280. The normalized spacial score (nSPS) is 13.1. The third kappa shape index (κ3) is 5.16. The third-order valence-corrected chi connectivity index (χ3v) is 4.48. The molecule has 0 aromatic heterocycles. The number of hydrogen-bond donors (Lipinski definition) is 0. The van der Waals surface area contributed by atoms with Gasteiger partial charge >= 0.3 is 0 Å². The molecule has 148 valence electrons. The number of ketones is 1. The number of carbonyl (C=O) groups excluding carboxylic acids is 1. The minimum absolute atomic E-state index is 0. The van der Waals surface area contributed by atoms with Gasteiger partial charge in [0.05, 0.1) is 18.6 Å². The zero-order valence-corrected chi connectivity index (χ0v) is 17.3. The van der Waals surface area contributed by atoms with E-state index in [1.807, 2.05) is 29.2 Å². The summed E-state index contributed by atoms with van der Waals surface area (Å²) in [6.45, 7) is 0.819. The highest BCUT2D eigenvalue weighted by atomic mass is 79.9. The first kappa shape index (κ1) is 21.6. The maximum Gasteiger partial charge on any atom is 0.270 e. The molecule has 0 bridgehead atoms. The van der Waals surface area contributed by atoms with Crippen LogP contribution in [-0.2, 0) is 0 Å². The molecule has 0 atom stereocenters. The standard InChI is InChI=1S/C20H21N3O4.BrH/c1-27-18-10-8-16(9-11-18)22(20-7-2-3-12-21-20)14-19(24)15-5-4-6-17(13-15)23(25)26;/h4-6,8-11,13H,2-3,7,12,14H2,1H3;1H. The Kier molecular flexibility index (Phi) is 7.69.